The van der Waals surface area contributed by atoms with Crippen LogP contribution in [0.3, 0.4) is 0 Å². The van der Waals surface area contributed by atoms with Gasteiger partial charge in [0, 0.05) is 18.7 Å². The molecule has 0 radical (unpaired) electrons. The fourth-order valence-corrected chi connectivity index (χ4v) is 2.44. The molecule has 1 aliphatic rings. The van der Waals surface area contributed by atoms with Crippen LogP contribution in [0.4, 0.5) is 14.5 Å². The lowest BCUT2D eigenvalue weighted by Crippen LogP contribution is -2.26. The molecule has 98 valence electrons. The summed E-state index contributed by atoms with van der Waals surface area (Å²) in [6.07, 6.45) is 3.43. The maximum absolute atomic E-state index is 13.9. The number of nitrogens with zero attached hydrogens (tertiary/aromatic N) is 1. The average molecular weight is 253 g/mol. The van der Waals surface area contributed by atoms with Gasteiger partial charge in [0.2, 0.25) is 0 Å². The Balaban J connectivity index is 2.29. The third-order valence-corrected chi connectivity index (χ3v) is 3.51. The van der Waals surface area contributed by atoms with Gasteiger partial charge in [-0.05, 0) is 37.3 Å². The smallest absolute Gasteiger partial charge is 0.150 e. The molecule has 1 fully saturated rings. The number of aldehydes is 1. The molecule has 18 heavy (non-hydrogen) atoms. The van der Waals surface area contributed by atoms with Crippen LogP contribution >= 0.6 is 0 Å². The van der Waals surface area contributed by atoms with Crippen LogP contribution in [0.2, 0.25) is 0 Å². The second kappa shape index (κ2) is 5.46. The summed E-state index contributed by atoms with van der Waals surface area (Å²) in [5.74, 6) is -0.700. The zero-order valence-corrected chi connectivity index (χ0v) is 10.5. The molecule has 1 aromatic carbocycles. The van der Waals surface area contributed by atoms with Gasteiger partial charge in [0.15, 0.2) is 0 Å². The van der Waals surface area contributed by atoms with Crippen LogP contribution < -0.4 is 4.90 Å². The average Bonchev–Trinajstić information content (AvgIpc) is 2.53. The van der Waals surface area contributed by atoms with Crippen molar-refractivity contribution >= 4 is 12.0 Å². The lowest BCUT2D eigenvalue weighted by Gasteiger charge is -2.24. The highest BCUT2D eigenvalue weighted by molar-refractivity contribution is 5.76. The predicted molar refractivity (Wildman–Crippen MR) is 67.0 cm³/mol. The summed E-state index contributed by atoms with van der Waals surface area (Å²) in [6, 6.07) is 2.19. The Labute approximate surface area is 106 Å². The largest absolute Gasteiger partial charge is 0.367 e. The van der Waals surface area contributed by atoms with Gasteiger partial charge in [-0.3, -0.25) is 4.79 Å². The number of rotatable bonds is 2. The van der Waals surface area contributed by atoms with E-state index in [0.717, 1.165) is 31.4 Å². The Morgan fingerprint density at radius 1 is 1.22 bits per heavy atom. The Morgan fingerprint density at radius 3 is 2.50 bits per heavy atom. The van der Waals surface area contributed by atoms with Crippen molar-refractivity contribution in [3.8, 4) is 0 Å². The summed E-state index contributed by atoms with van der Waals surface area (Å²) in [7, 11) is 0. The van der Waals surface area contributed by atoms with Crippen LogP contribution in [-0.2, 0) is 0 Å². The highest BCUT2D eigenvalue weighted by Crippen LogP contribution is 2.28. The molecule has 0 amide bonds. The third kappa shape index (κ3) is 2.68. The van der Waals surface area contributed by atoms with Crippen molar-refractivity contribution < 1.29 is 13.6 Å². The normalized spacial score (nSPS) is 20.6. The highest BCUT2D eigenvalue weighted by atomic mass is 19.1. The Kier molecular flexibility index (Phi) is 3.94. The first-order valence-electron chi connectivity index (χ1n) is 6.31. The Morgan fingerprint density at radius 2 is 1.89 bits per heavy atom. The minimum atomic E-state index is -0.647. The molecule has 0 bridgehead atoms. The first kappa shape index (κ1) is 13.0. The molecule has 1 unspecified atom stereocenters. The zero-order valence-electron chi connectivity index (χ0n) is 10.5. The second-order valence-electron chi connectivity index (χ2n) is 4.97. The maximum Gasteiger partial charge on any atom is 0.150 e. The molecule has 4 heteroatoms. The van der Waals surface area contributed by atoms with E-state index in [9.17, 15) is 13.6 Å². The molecule has 0 spiro atoms. The van der Waals surface area contributed by atoms with Gasteiger partial charge in [0.25, 0.3) is 0 Å². The minimum Gasteiger partial charge on any atom is -0.367 e. The summed E-state index contributed by atoms with van der Waals surface area (Å²) in [4.78, 5) is 12.3. The van der Waals surface area contributed by atoms with E-state index in [2.05, 4.69) is 6.92 Å². The number of halogens is 2. The quantitative estimate of drug-likeness (QED) is 0.753. The van der Waals surface area contributed by atoms with Gasteiger partial charge in [-0.2, -0.15) is 0 Å². The summed E-state index contributed by atoms with van der Waals surface area (Å²) in [5, 5.41) is 0. The first-order valence-corrected chi connectivity index (χ1v) is 6.31. The number of carbonyl (C=O) groups is 1. The fraction of sp³-hybridized carbons (Fsp3) is 0.500. The van der Waals surface area contributed by atoms with Crippen LogP contribution in [0.25, 0.3) is 0 Å². The number of hydrogen-bond donors (Lipinski definition) is 0. The first-order chi connectivity index (χ1) is 8.61. The SMILES string of the molecule is CC1CCCN(c2c(F)cc(C=O)cc2F)CC1. The summed E-state index contributed by atoms with van der Waals surface area (Å²) < 4.78 is 27.7. The summed E-state index contributed by atoms with van der Waals surface area (Å²) >= 11 is 0. The van der Waals surface area contributed by atoms with Gasteiger partial charge in [-0.15, -0.1) is 0 Å². The van der Waals surface area contributed by atoms with E-state index in [4.69, 9.17) is 0 Å². The van der Waals surface area contributed by atoms with Crippen LogP contribution in [0.5, 0.6) is 0 Å². The molecular formula is C14H17F2NO. The third-order valence-electron chi connectivity index (χ3n) is 3.51. The monoisotopic (exact) mass is 253 g/mol. The lowest BCUT2D eigenvalue weighted by atomic mass is 10.0. The maximum atomic E-state index is 13.9. The van der Waals surface area contributed by atoms with Crippen molar-refractivity contribution in [3.05, 3.63) is 29.3 Å². The van der Waals surface area contributed by atoms with E-state index < -0.39 is 11.6 Å². The number of hydrogen-bond acceptors (Lipinski definition) is 2. The topological polar surface area (TPSA) is 20.3 Å². The predicted octanol–water partition coefficient (Wildman–Crippen LogP) is 3.40. The summed E-state index contributed by atoms with van der Waals surface area (Å²) in [5.41, 5.74) is 0.0478. The van der Waals surface area contributed by atoms with Crippen molar-refractivity contribution in [1.82, 2.24) is 0 Å². The molecule has 1 aromatic rings. The second-order valence-corrected chi connectivity index (χ2v) is 4.97. The molecule has 2 rings (SSSR count). The van der Waals surface area contributed by atoms with Crippen molar-refractivity contribution in [1.29, 1.82) is 0 Å². The van der Waals surface area contributed by atoms with Gasteiger partial charge < -0.3 is 4.90 Å². The molecule has 0 N–H and O–H groups in total. The van der Waals surface area contributed by atoms with Gasteiger partial charge in [-0.1, -0.05) is 6.92 Å². The van der Waals surface area contributed by atoms with E-state index in [1.54, 1.807) is 4.90 Å². The van der Waals surface area contributed by atoms with Gasteiger partial charge in [0.05, 0.1) is 0 Å². The van der Waals surface area contributed by atoms with Crippen LogP contribution in [0.1, 0.15) is 36.5 Å². The summed E-state index contributed by atoms with van der Waals surface area (Å²) in [6.45, 7) is 3.49. The standard InChI is InChI=1S/C14H17F2NO/c1-10-3-2-5-17(6-4-10)14-12(15)7-11(9-18)8-13(14)16/h7-10H,2-6H2,1H3. The van der Waals surface area contributed by atoms with Crippen molar-refractivity contribution in [2.45, 2.75) is 26.2 Å². The molecule has 1 atom stereocenters. The molecule has 2 nitrogen and oxygen atoms in total. The Hall–Kier alpha value is -1.45. The molecule has 0 saturated carbocycles. The van der Waals surface area contributed by atoms with Crippen molar-refractivity contribution in [2.75, 3.05) is 18.0 Å². The van der Waals surface area contributed by atoms with Crippen LogP contribution in [0, 0.1) is 17.6 Å². The van der Waals surface area contributed by atoms with Gasteiger partial charge in [-0.25, -0.2) is 8.78 Å². The zero-order chi connectivity index (χ0) is 13.1. The van der Waals surface area contributed by atoms with Crippen molar-refractivity contribution in [3.63, 3.8) is 0 Å². The molecule has 0 aromatic heterocycles. The molecule has 0 aliphatic carbocycles. The van der Waals surface area contributed by atoms with E-state index in [0.29, 0.717) is 25.3 Å². The number of anilines is 1. The van der Waals surface area contributed by atoms with Gasteiger partial charge >= 0.3 is 0 Å². The highest BCUT2D eigenvalue weighted by Gasteiger charge is 2.20. The number of carbonyl (C=O) groups excluding carboxylic acids is 1. The van der Waals surface area contributed by atoms with E-state index in [1.807, 2.05) is 0 Å². The Bertz CT molecular complexity index is 424. The molecular weight excluding hydrogens is 236 g/mol. The van der Waals surface area contributed by atoms with E-state index in [-0.39, 0.29) is 11.3 Å². The molecule has 1 heterocycles. The minimum absolute atomic E-state index is 0.00898. The van der Waals surface area contributed by atoms with E-state index in [1.165, 1.54) is 0 Å². The number of benzene rings is 1. The van der Waals surface area contributed by atoms with Crippen molar-refractivity contribution in [2.24, 2.45) is 5.92 Å². The molecule has 1 aliphatic heterocycles. The molecule has 1 saturated heterocycles. The van der Waals surface area contributed by atoms with Gasteiger partial charge in [0.1, 0.15) is 23.6 Å². The van der Waals surface area contributed by atoms with E-state index >= 15 is 0 Å². The van der Waals surface area contributed by atoms with Crippen LogP contribution in [0.15, 0.2) is 12.1 Å². The van der Waals surface area contributed by atoms with Crippen LogP contribution in [-0.4, -0.2) is 19.4 Å². The lowest BCUT2D eigenvalue weighted by molar-refractivity contribution is 0.112. The fourth-order valence-electron chi connectivity index (χ4n) is 2.44.